The molecule has 0 fully saturated rings. The molecule has 2 heterocycles. The summed E-state index contributed by atoms with van der Waals surface area (Å²) in [6.07, 6.45) is 5.55. The lowest BCUT2D eigenvalue weighted by Crippen LogP contribution is -2.38. The Morgan fingerprint density at radius 3 is 1.18 bits per heavy atom. The molecule has 2 amide bonds. The van der Waals surface area contributed by atoms with Gasteiger partial charge in [0.1, 0.15) is 12.2 Å². The summed E-state index contributed by atoms with van der Waals surface area (Å²) < 4.78 is 11.0. The minimum Gasteiger partial charge on any atom is -0.462 e. The number of azide groups is 4. The Morgan fingerprint density at radius 1 is 0.562 bits per heavy atom. The molecule has 0 aromatic rings. The quantitative estimate of drug-likeness (QED) is 0.0164. The Kier molecular flexibility index (Phi) is 49.8. The highest BCUT2D eigenvalue weighted by molar-refractivity contribution is 8.13. The Balaban J connectivity index is 0. The number of rotatable bonds is 22. The number of carbonyl (C=O) groups is 8. The van der Waals surface area contributed by atoms with Crippen LogP contribution in [0.4, 0.5) is 0 Å². The number of esters is 2. The number of hydrogen-bond acceptors (Lipinski definition) is 22. The van der Waals surface area contributed by atoms with Gasteiger partial charge in [-0.2, -0.15) is 0 Å². The third kappa shape index (κ3) is 38.8. The highest BCUT2D eigenvalue weighted by Crippen LogP contribution is 2.30. The molecular formula is C64H106N14O16S2. The molecule has 0 saturated heterocycles. The van der Waals surface area contributed by atoms with Crippen molar-refractivity contribution in [3.8, 4) is 0 Å². The molecule has 2 rings (SSSR count). The van der Waals surface area contributed by atoms with Gasteiger partial charge in [0.2, 0.25) is 11.8 Å². The van der Waals surface area contributed by atoms with Crippen LogP contribution < -0.4 is 10.6 Å². The summed E-state index contributed by atoms with van der Waals surface area (Å²) >= 11 is 2.10. The van der Waals surface area contributed by atoms with E-state index in [1.807, 2.05) is 67.5 Å². The summed E-state index contributed by atoms with van der Waals surface area (Å²) in [4.78, 5) is 105. The number of allylic oxidation sites excluding steroid dienone is 6. The van der Waals surface area contributed by atoms with E-state index in [0.717, 1.165) is 34.7 Å². The fourth-order valence-corrected chi connectivity index (χ4v) is 11.2. The number of nitrogens with zero attached hydrogens (tertiary/aromatic N) is 12. The zero-order valence-electron chi connectivity index (χ0n) is 58.1. The van der Waals surface area contributed by atoms with Crippen molar-refractivity contribution in [3.05, 3.63) is 89.4 Å². The first-order chi connectivity index (χ1) is 45.2. The fraction of sp³-hybridized carbons (Fsp3) is 0.750. The van der Waals surface area contributed by atoms with E-state index in [4.69, 9.17) is 31.6 Å². The zero-order valence-corrected chi connectivity index (χ0v) is 59.8. The van der Waals surface area contributed by atoms with Gasteiger partial charge in [-0.3, -0.25) is 38.4 Å². The van der Waals surface area contributed by atoms with Crippen molar-refractivity contribution in [1.29, 1.82) is 0 Å². The first kappa shape index (κ1) is 91.3. The van der Waals surface area contributed by atoms with Crippen LogP contribution in [-0.2, 0) is 47.8 Å². The average molecular weight is 1390 g/mol. The molecule has 18 atom stereocenters. The minimum atomic E-state index is -1.09. The summed E-state index contributed by atoms with van der Waals surface area (Å²) in [5.41, 5.74) is 35.1. The maximum atomic E-state index is 12.5. The van der Waals surface area contributed by atoms with Crippen LogP contribution in [0.1, 0.15) is 148 Å². The van der Waals surface area contributed by atoms with Crippen LogP contribution in [0.25, 0.3) is 41.8 Å². The highest BCUT2D eigenvalue weighted by atomic mass is 32.2. The number of thioether (sulfide) groups is 2. The van der Waals surface area contributed by atoms with Crippen molar-refractivity contribution in [2.24, 2.45) is 79.6 Å². The van der Waals surface area contributed by atoms with Crippen LogP contribution in [0.15, 0.2) is 68.1 Å². The van der Waals surface area contributed by atoms with Crippen molar-refractivity contribution in [3.63, 3.8) is 0 Å². The standard InChI is InChI=1S/2C22H35N3O5.2C10H18N4O3S/c2*1-6-17-10-14(3)18(26)8-7-13(2)9-15(4)20(12-24-25-23)30-21(28)11-19(27)16(5)22(17)29;2*1-3-9(16)12-4-5-18-10(17)7(2)8(15)6-13-14-11/h2*7-9,14-17,19-20,22,27,29H,6,10-12H2,1-5H3;2*7-8,15H,3-6H2,1-2H3,(H,12,16)/b2*8-7+,13-9+;;/t14-,15+,16+,17+,19-,20-,22-;14-,15-,16+,17+,19-,20-,22-;7-,8+;7-,8-/m1101/s1. The van der Waals surface area contributed by atoms with Gasteiger partial charge in [0.25, 0.3) is 0 Å². The number of nitrogens with one attached hydrogen (secondary N) is 2. The van der Waals surface area contributed by atoms with Gasteiger partial charge in [0.05, 0.1) is 87.5 Å². The molecule has 0 aromatic carbocycles. The number of amides is 2. The highest BCUT2D eigenvalue weighted by Gasteiger charge is 2.35. The van der Waals surface area contributed by atoms with Gasteiger partial charge in [-0.25, -0.2) is 0 Å². The van der Waals surface area contributed by atoms with Gasteiger partial charge in [0, 0.05) is 92.6 Å². The predicted octanol–water partition coefficient (Wildman–Crippen LogP) is 9.62. The van der Waals surface area contributed by atoms with Crippen LogP contribution in [-0.4, -0.2) is 176 Å². The summed E-state index contributed by atoms with van der Waals surface area (Å²) in [6.45, 7) is 25.4. The van der Waals surface area contributed by atoms with Gasteiger partial charge in [-0.15, -0.1) is 0 Å². The summed E-state index contributed by atoms with van der Waals surface area (Å²) in [7, 11) is 0. The Labute approximate surface area is 572 Å². The first-order valence-electron chi connectivity index (χ1n) is 32.4. The molecule has 2 aliphatic heterocycles. The molecule has 0 spiro atoms. The zero-order chi connectivity index (χ0) is 73.6. The monoisotopic (exact) mass is 1390 g/mol. The molecule has 0 aromatic heterocycles. The number of ether oxygens (including phenoxy) is 2. The van der Waals surface area contributed by atoms with Gasteiger partial charge in [-0.1, -0.05) is 175 Å². The van der Waals surface area contributed by atoms with Crippen LogP contribution >= 0.6 is 23.5 Å². The molecule has 540 valence electrons. The summed E-state index contributed by atoms with van der Waals surface area (Å²) in [6, 6.07) is 0. The first-order valence-corrected chi connectivity index (χ1v) is 34.4. The number of hydrogen-bond donors (Lipinski definition) is 8. The van der Waals surface area contributed by atoms with Crippen molar-refractivity contribution < 1.29 is 78.5 Å². The van der Waals surface area contributed by atoms with Crippen LogP contribution in [0.3, 0.4) is 0 Å². The molecule has 8 N–H and O–H groups in total. The number of aliphatic hydroxyl groups excluding tert-OH is 6. The smallest absolute Gasteiger partial charge is 0.308 e. The normalized spacial score (nSPS) is 28.4. The number of ketones is 2. The second-order valence-electron chi connectivity index (χ2n) is 24.0. The van der Waals surface area contributed by atoms with E-state index < -0.39 is 84.4 Å². The molecule has 96 heavy (non-hydrogen) atoms. The van der Waals surface area contributed by atoms with Crippen LogP contribution in [0.2, 0.25) is 0 Å². The van der Waals surface area contributed by atoms with E-state index in [-0.39, 0.29) is 108 Å². The minimum absolute atomic E-state index is 0.0293. The maximum Gasteiger partial charge on any atom is 0.308 e. The second-order valence-corrected chi connectivity index (χ2v) is 26.2. The molecule has 0 bridgehead atoms. The molecule has 0 saturated carbocycles. The number of aliphatic hydroxyl groups is 6. The Morgan fingerprint density at radius 2 is 0.885 bits per heavy atom. The van der Waals surface area contributed by atoms with E-state index in [1.54, 1.807) is 53.7 Å². The topological polar surface area (TPSA) is 496 Å². The van der Waals surface area contributed by atoms with E-state index in [9.17, 15) is 69.0 Å². The van der Waals surface area contributed by atoms with Gasteiger partial charge >= 0.3 is 11.9 Å². The average Bonchev–Trinajstić information content (AvgIpc) is 1.13. The van der Waals surface area contributed by atoms with Crippen LogP contribution in [0.5, 0.6) is 0 Å². The van der Waals surface area contributed by atoms with E-state index in [2.05, 4.69) is 50.7 Å². The fourth-order valence-electron chi connectivity index (χ4n) is 9.53. The number of cyclic esters (lactones) is 2. The van der Waals surface area contributed by atoms with E-state index >= 15 is 0 Å². The van der Waals surface area contributed by atoms with Crippen molar-refractivity contribution in [1.82, 2.24) is 10.6 Å². The van der Waals surface area contributed by atoms with Gasteiger partial charge in [-0.05, 0) is 72.8 Å². The van der Waals surface area contributed by atoms with Crippen molar-refractivity contribution in [2.45, 2.75) is 197 Å². The van der Waals surface area contributed by atoms with Crippen molar-refractivity contribution in [2.75, 3.05) is 50.8 Å². The summed E-state index contributed by atoms with van der Waals surface area (Å²) in [5, 5.41) is 80.0. The molecule has 2 aliphatic rings. The van der Waals surface area contributed by atoms with Gasteiger partial charge < -0.3 is 50.7 Å². The lowest BCUT2D eigenvalue weighted by atomic mass is 9.80. The largest absolute Gasteiger partial charge is 0.462 e. The van der Waals surface area contributed by atoms with E-state index in [1.165, 1.54) is 12.2 Å². The number of carbonyl (C=O) groups excluding carboxylic acids is 8. The molecule has 30 nitrogen and oxygen atoms in total. The Hall–Kier alpha value is -6.78. The SMILES string of the molecule is CCC(=O)NCCSC(=O)[C@@H](C)[C@H](O)CN=[N+]=[N-].CCC(=O)NCCSC(=O)[C@H](C)[C@H](O)CN=[N+]=[N-].CC[C@H]1C[C@@H](C)C(=O)/C=C/C(C)=C/[C@@H](C)[C@@H](CN=[N+]=[N-])OC(=O)C[C@@H](O)[C@H](C)[C@H]1O.CC[C@H]1C[C@@H](C)C(=O)/C=C/C(C)=C/[C@H](C)[C@@H](CN=[N+]=[N-])OC(=O)C[C@@H](O)[C@H](C)[C@H]1O. The van der Waals surface area contributed by atoms with E-state index in [0.29, 0.717) is 63.1 Å². The van der Waals surface area contributed by atoms with Crippen LogP contribution in [0, 0.1) is 59.2 Å². The molecule has 0 radical (unpaired) electrons. The Bertz CT molecular complexity index is 2590. The molecular weight excluding hydrogens is 1280 g/mol. The lowest BCUT2D eigenvalue weighted by Gasteiger charge is -2.31. The summed E-state index contributed by atoms with van der Waals surface area (Å²) in [5.74, 6) is -4.24. The third-order valence-electron chi connectivity index (χ3n) is 16.3. The lowest BCUT2D eigenvalue weighted by molar-refractivity contribution is -0.155. The molecule has 32 heteroatoms. The van der Waals surface area contributed by atoms with Crippen molar-refractivity contribution >= 4 is 69.1 Å². The second kappa shape index (κ2) is 52.4. The molecule has 0 aliphatic carbocycles. The maximum absolute atomic E-state index is 12.5. The predicted molar refractivity (Wildman–Crippen MR) is 369 cm³/mol. The molecule has 0 unspecified atom stereocenters. The third-order valence-corrected chi connectivity index (χ3v) is 18.5. The van der Waals surface area contributed by atoms with Gasteiger partial charge in [0.15, 0.2) is 21.8 Å².